The molecule has 2 aromatic rings. The minimum atomic E-state index is 0.239. The number of thiophene rings is 2. The normalized spacial score (nSPS) is 24.6. The molecule has 2 nitrogen and oxygen atoms in total. The zero-order chi connectivity index (χ0) is 14.2. The Morgan fingerprint density at radius 3 is 2.90 bits per heavy atom. The van der Waals surface area contributed by atoms with Gasteiger partial charge in [0.1, 0.15) is 0 Å². The lowest BCUT2D eigenvalue weighted by atomic mass is 9.64. The van der Waals surface area contributed by atoms with Gasteiger partial charge in [0.2, 0.25) is 0 Å². The van der Waals surface area contributed by atoms with Crippen molar-refractivity contribution in [2.24, 2.45) is 5.41 Å². The van der Waals surface area contributed by atoms with Crippen molar-refractivity contribution in [1.29, 1.82) is 0 Å². The van der Waals surface area contributed by atoms with E-state index in [1.54, 1.807) is 11.3 Å². The fourth-order valence-electron chi connectivity index (χ4n) is 2.90. The van der Waals surface area contributed by atoms with E-state index in [2.05, 4.69) is 48.1 Å². The largest absolute Gasteiger partial charge is 0.381 e. The Kier molecular flexibility index (Phi) is 4.00. The third-order valence-electron chi connectivity index (χ3n) is 4.44. The van der Waals surface area contributed by atoms with Crippen molar-refractivity contribution in [3.8, 4) is 10.4 Å². The van der Waals surface area contributed by atoms with Gasteiger partial charge in [-0.05, 0) is 29.3 Å². The Hall–Kier alpha value is -0.680. The molecule has 1 N–H and O–H groups in total. The fourth-order valence-corrected chi connectivity index (χ4v) is 4.53. The van der Waals surface area contributed by atoms with Crippen LogP contribution in [-0.4, -0.2) is 19.3 Å². The lowest BCUT2D eigenvalue weighted by molar-refractivity contribution is -0.0978. The first-order valence-corrected chi connectivity index (χ1v) is 8.74. The summed E-state index contributed by atoms with van der Waals surface area (Å²) in [6.07, 6.45) is 1.51. The molecule has 1 aliphatic carbocycles. The first-order chi connectivity index (χ1) is 9.61. The third-order valence-corrected chi connectivity index (χ3v) is 6.30. The molecular weight excluding hydrogens is 286 g/mol. The minimum Gasteiger partial charge on any atom is -0.381 e. The highest BCUT2D eigenvalue weighted by molar-refractivity contribution is 7.14. The summed E-state index contributed by atoms with van der Waals surface area (Å²) in [7, 11) is 1.81. The summed E-state index contributed by atoms with van der Waals surface area (Å²) < 4.78 is 5.50. The third kappa shape index (κ3) is 2.58. The van der Waals surface area contributed by atoms with Crippen LogP contribution in [0.25, 0.3) is 10.4 Å². The van der Waals surface area contributed by atoms with E-state index in [0.29, 0.717) is 12.1 Å². The van der Waals surface area contributed by atoms with Crippen molar-refractivity contribution < 1.29 is 4.74 Å². The van der Waals surface area contributed by atoms with E-state index >= 15 is 0 Å². The van der Waals surface area contributed by atoms with Crippen molar-refractivity contribution >= 4 is 22.7 Å². The average Bonchev–Trinajstić information content (AvgIpc) is 3.08. The van der Waals surface area contributed by atoms with E-state index in [-0.39, 0.29) is 5.41 Å². The average molecular weight is 307 g/mol. The van der Waals surface area contributed by atoms with Gasteiger partial charge in [-0.2, -0.15) is 0 Å². The first-order valence-electron chi connectivity index (χ1n) is 6.98. The summed E-state index contributed by atoms with van der Waals surface area (Å²) in [6.45, 7) is 5.53. The zero-order valence-electron chi connectivity index (χ0n) is 12.2. The van der Waals surface area contributed by atoms with Gasteiger partial charge < -0.3 is 10.1 Å². The van der Waals surface area contributed by atoms with Crippen molar-refractivity contribution in [2.45, 2.75) is 39.0 Å². The quantitative estimate of drug-likeness (QED) is 0.885. The molecule has 108 valence electrons. The van der Waals surface area contributed by atoms with Crippen LogP contribution in [0.1, 0.15) is 25.1 Å². The van der Waals surface area contributed by atoms with Gasteiger partial charge in [0, 0.05) is 40.4 Å². The number of nitrogens with one attached hydrogen (secondary N) is 1. The fraction of sp³-hybridized carbons (Fsp3) is 0.500. The maximum absolute atomic E-state index is 5.50. The van der Waals surface area contributed by atoms with Crippen LogP contribution in [0.5, 0.6) is 0 Å². The van der Waals surface area contributed by atoms with Crippen molar-refractivity contribution in [3.05, 3.63) is 33.8 Å². The summed E-state index contributed by atoms with van der Waals surface area (Å²) in [4.78, 5) is 2.76. The van der Waals surface area contributed by atoms with Gasteiger partial charge in [-0.3, -0.25) is 0 Å². The number of methoxy groups -OCH3 is 1. The molecule has 0 amide bonds. The van der Waals surface area contributed by atoms with E-state index in [4.69, 9.17) is 4.74 Å². The Morgan fingerprint density at radius 2 is 2.25 bits per heavy atom. The second kappa shape index (κ2) is 5.60. The zero-order valence-corrected chi connectivity index (χ0v) is 13.8. The van der Waals surface area contributed by atoms with Gasteiger partial charge in [-0.1, -0.05) is 19.9 Å². The van der Waals surface area contributed by atoms with Crippen molar-refractivity contribution in [1.82, 2.24) is 5.32 Å². The standard InChI is InChI=1S/C16H21NOS2/c1-16(2)14(8-15(16)18-3)17-9-12-7-11(10-20-12)13-5-4-6-19-13/h4-7,10,14-15,17H,8-9H2,1-3H3. The van der Waals surface area contributed by atoms with Crippen LogP contribution >= 0.6 is 22.7 Å². The molecule has 0 bridgehead atoms. The Labute approximate surface area is 128 Å². The molecule has 2 heterocycles. The molecule has 20 heavy (non-hydrogen) atoms. The molecular formula is C16H21NOS2. The second-order valence-electron chi connectivity index (χ2n) is 5.99. The SMILES string of the molecule is COC1CC(NCc2cc(-c3cccs3)cs2)C1(C)C. The van der Waals surface area contributed by atoms with Gasteiger partial charge in [0.05, 0.1) is 6.10 Å². The lowest BCUT2D eigenvalue weighted by Gasteiger charge is -2.51. The lowest BCUT2D eigenvalue weighted by Crippen LogP contribution is -2.60. The van der Waals surface area contributed by atoms with Gasteiger partial charge in [-0.15, -0.1) is 22.7 Å². The van der Waals surface area contributed by atoms with E-state index in [0.717, 1.165) is 13.0 Å². The van der Waals surface area contributed by atoms with E-state index in [1.165, 1.54) is 15.3 Å². The number of hydrogen-bond acceptors (Lipinski definition) is 4. The van der Waals surface area contributed by atoms with Crippen LogP contribution in [0, 0.1) is 5.41 Å². The maximum atomic E-state index is 5.50. The summed E-state index contributed by atoms with van der Waals surface area (Å²) in [6, 6.07) is 7.15. The molecule has 0 spiro atoms. The molecule has 3 rings (SSSR count). The predicted octanol–water partition coefficient (Wildman–Crippen LogP) is 4.38. The Bertz CT molecular complexity index is 559. The van der Waals surface area contributed by atoms with Crippen molar-refractivity contribution in [3.63, 3.8) is 0 Å². The molecule has 0 aromatic carbocycles. The summed E-state index contributed by atoms with van der Waals surface area (Å²) >= 11 is 3.65. The van der Waals surface area contributed by atoms with Gasteiger partial charge >= 0.3 is 0 Å². The smallest absolute Gasteiger partial charge is 0.0652 e. The molecule has 2 unspecified atom stereocenters. The molecule has 0 saturated heterocycles. The van der Waals surface area contributed by atoms with Crippen LogP contribution in [0.3, 0.4) is 0 Å². The first kappa shape index (κ1) is 14.3. The minimum absolute atomic E-state index is 0.239. The molecule has 1 aliphatic rings. The molecule has 0 aliphatic heterocycles. The van der Waals surface area contributed by atoms with E-state index in [1.807, 2.05) is 18.4 Å². The monoisotopic (exact) mass is 307 g/mol. The van der Waals surface area contributed by atoms with Gasteiger partial charge in [-0.25, -0.2) is 0 Å². The predicted molar refractivity (Wildman–Crippen MR) is 87.5 cm³/mol. The molecule has 0 radical (unpaired) electrons. The van der Waals surface area contributed by atoms with Gasteiger partial charge in [0.25, 0.3) is 0 Å². The highest BCUT2D eigenvalue weighted by Crippen LogP contribution is 2.42. The van der Waals surface area contributed by atoms with Crippen LogP contribution < -0.4 is 5.32 Å². The maximum Gasteiger partial charge on any atom is 0.0652 e. The second-order valence-corrected chi connectivity index (χ2v) is 7.94. The van der Waals surface area contributed by atoms with E-state index < -0.39 is 0 Å². The van der Waals surface area contributed by atoms with Crippen LogP contribution in [-0.2, 0) is 11.3 Å². The summed E-state index contributed by atoms with van der Waals surface area (Å²) in [5.41, 5.74) is 1.59. The number of rotatable bonds is 5. The van der Waals surface area contributed by atoms with Gasteiger partial charge in [0.15, 0.2) is 0 Å². The molecule has 1 fully saturated rings. The van der Waals surface area contributed by atoms with E-state index in [9.17, 15) is 0 Å². The summed E-state index contributed by atoms with van der Waals surface area (Å²) in [5.74, 6) is 0. The van der Waals surface area contributed by atoms with Crippen LogP contribution in [0.15, 0.2) is 29.0 Å². The highest BCUT2D eigenvalue weighted by Gasteiger charge is 2.48. The van der Waals surface area contributed by atoms with Crippen LogP contribution in [0.4, 0.5) is 0 Å². The van der Waals surface area contributed by atoms with Crippen LogP contribution in [0.2, 0.25) is 0 Å². The van der Waals surface area contributed by atoms with Crippen molar-refractivity contribution in [2.75, 3.05) is 7.11 Å². The Balaban J connectivity index is 1.58. The molecule has 4 heteroatoms. The highest BCUT2D eigenvalue weighted by atomic mass is 32.1. The molecule has 2 aromatic heterocycles. The molecule has 1 saturated carbocycles. The topological polar surface area (TPSA) is 21.3 Å². The summed E-state index contributed by atoms with van der Waals surface area (Å²) in [5, 5.41) is 8.07. The number of ether oxygens (including phenoxy) is 1. The Morgan fingerprint density at radius 1 is 1.40 bits per heavy atom. The number of hydrogen-bond donors (Lipinski definition) is 1. The molecule has 2 atom stereocenters.